The van der Waals surface area contributed by atoms with Gasteiger partial charge in [0.1, 0.15) is 12.4 Å². The van der Waals surface area contributed by atoms with Gasteiger partial charge in [0, 0.05) is 11.4 Å². The summed E-state index contributed by atoms with van der Waals surface area (Å²) in [7, 11) is -3.63. The molecule has 7 heteroatoms. The van der Waals surface area contributed by atoms with Crippen LogP contribution in [0.4, 0.5) is 0 Å². The third-order valence-corrected chi connectivity index (χ3v) is 4.57. The number of rotatable bonds is 6. The molecule has 0 unspecified atom stereocenters. The van der Waals surface area contributed by atoms with Crippen molar-refractivity contribution in [2.24, 2.45) is 0 Å². The Balaban J connectivity index is 1.95. The van der Waals surface area contributed by atoms with Crippen LogP contribution >= 0.6 is 11.3 Å². The molecule has 0 aliphatic carbocycles. The number of nitrogens with one attached hydrogen (secondary N) is 1. The van der Waals surface area contributed by atoms with E-state index in [-0.39, 0.29) is 17.5 Å². The van der Waals surface area contributed by atoms with E-state index in [2.05, 4.69) is 4.72 Å². The lowest BCUT2D eigenvalue weighted by Gasteiger charge is -2.02. The molecular formula is C11H13NO4S2. The average Bonchev–Trinajstić information content (AvgIpc) is 2.99. The van der Waals surface area contributed by atoms with E-state index >= 15 is 0 Å². The lowest BCUT2D eigenvalue weighted by atomic mass is 10.3. The van der Waals surface area contributed by atoms with Crippen LogP contribution in [0.5, 0.6) is 0 Å². The van der Waals surface area contributed by atoms with E-state index in [1.54, 1.807) is 11.3 Å². The summed E-state index contributed by atoms with van der Waals surface area (Å²) in [6.07, 6.45) is 0.643. The van der Waals surface area contributed by atoms with Crippen molar-refractivity contribution < 1.29 is 17.9 Å². The molecule has 2 N–H and O–H groups in total. The number of furan rings is 1. The summed E-state index contributed by atoms with van der Waals surface area (Å²) in [5, 5.41) is 10.6. The molecular weight excluding hydrogens is 274 g/mol. The third-order valence-electron chi connectivity index (χ3n) is 2.30. The highest BCUT2D eigenvalue weighted by Gasteiger charge is 2.17. The Morgan fingerprint density at radius 3 is 2.78 bits per heavy atom. The Labute approximate surface area is 109 Å². The van der Waals surface area contributed by atoms with Gasteiger partial charge in [0.05, 0.1) is 0 Å². The molecule has 2 aromatic heterocycles. The van der Waals surface area contributed by atoms with Gasteiger partial charge in [-0.2, -0.15) is 0 Å². The Bertz CT molecular complexity index is 586. The minimum absolute atomic E-state index is 0.169. The standard InChI is InChI=1S/C11H13NO4S2/c13-8-9-3-4-11(16-9)18(14,15)12-6-5-10-2-1-7-17-10/h1-4,7,12-13H,5-6,8H2. The van der Waals surface area contributed by atoms with Crippen LogP contribution in [0, 0.1) is 0 Å². The summed E-state index contributed by atoms with van der Waals surface area (Å²) in [6.45, 7) is 0.00270. The van der Waals surface area contributed by atoms with Gasteiger partial charge in [0.25, 0.3) is 10.0 Å². The van der Waals surface area contributed by atoms with Gasteiger partial charge in [0.2, 0.25) is 5.09 Å². The smallest absolute Gasteiger partial charge is 0.273 e. The minimum Gasteiger partial charge on any atom is -0.446 e. The van der Waals surface area contributed by atoms with E-state index in [9.17, 15) is 8.42 Å². The largest absolute Gasteiger partial charge is 0.446 e. The Kier molecular flexibility index (Phi) is 4.18. The first kappa shape index (κ1) is 13.3. The van der Waals surface area contributed by atoms with Gasteiger partial charge in [-0.05, 0) is 30.0 Å². The van der Waals surface area contributed by atoms with Gasteiger partial charge >= 0.3 is 0 Å². The second-order valence-corrected chi connectivity index (χ2v) is 6.34. The summed E-state index contributed by atoms with van der Waals surface area (Å²) >= 11 is 1.59. The monoisotopic (exact) mass is 287 g/mol. The van der Waals surface area contributed by atoms with Crippen molar-refractivity contribution in [3.63, 3.8) is 0 Å². The van der Waals surface area contributed by atoms with Crippen molar-refractivity contribution in [2.45, 2.75) is 18.1 Å². The van der Waals surface area contributed by atoms with Gasteiger partial charge in [0.15, 0.2) is 0 Å². The molecule has 0 bridgehead atoms. The lowest BCUT2D eigenvalue weighted by molar-refractivity contribution is 0.236. The molecule has 0 atom stereocenters. The Hall–Kier alpha value is -1.15. The van der Waals surface area contributed by atoms with E-state index in [1.807, 2.05) is 17.5 Å². The van der Waals surface area contributed by atoms with E-state index in [4.69, 9.17) is 9.52 Å². The highest BCUT2D eigenvalue weighted by Crippen LogP contribution is 2.14. The summed E-state index contributed by atoms with van der Waals surface area (Å²) in [5.41, 5.74) is 0. The molecule has 0 saturated heterocycles. The molecule has 2 rings (SSSR count). The first-order valence-corrected chi connectivity index (χ1v) is 7.70. The van der Waals surface area contributed by atoms with Crippen molar-refractivity contribution in [3.05, 3.63) is 40.3 Å². The highest BCUT2D eigenvalue weighted by molar-refractivity contribution is 7.89. The first-order chi connectivity index (χ1) is 8.62. The van der Waals surface area contributed by atoms with Gasteiger partial charge in [-0.15, -0.1) is 11.3 Å². The number of aliphatic hydroxyl groups excluding tert-OH is 1. The van der Waals surface area contributed by atoms with Crippen LogP contribution in [0.3, 0.4) is 0 Å². The molecule has 0 fully saturated rings. The molecule has 2 aromatic rings. The number of thiophene rings is 1. The fourth-order valence-corrected chi connectivity index (χ4v) is 3.11. The molecule has 2 heterocycles. The van der Waals surface area contributed by atoms with E-state index in [0.29, 0.717) is 13.0 Å². The third kappa shape index (κ3) is 3.20. The van der Waals surface area contributed by atoms with Gasteiger partial charge in [-0.25, -0.2) is 13.1 Å². The number of sulfonamides is 1. The normalized spacial score (nSPS) is 11.8. The van der Waals surface area contributed by atoms with E-state index in [0.717, 1.165) is 4.88 Å². The molecule has 98 valence electrons. The molecule has 5 nitrogen and oxygen atoms in total. The SMILES string of the molecule is O=S(=O)(NCCc1cccs1)c1ccc(CO)o1. The maximum Gasteiger partial charge on any atom is 0.273 e. The molecule has 0 aliphatic rings. The predicted molar refractivity (Wildman–Crippen MR) is 67.8 cm³/mol. The van der Waals surface area contributed by atoms with Crippen molar-refractivity contribution >= 4 is 21.4 Å². The zero-order valence-corrected chi connectivity index (χ0v) is 11.1. The van der Waals surface area contributed by atoms with Crippen molar-refractivity contribution in [3.8, 4) is 0 Å². The number of hydrogen-bond acceptors (Lipinski definition) is 5. The Morgan fingerprint density at radius 1 is 1.33 bits per heavy atom. The zero-order valence-electron chi connectivity index (χ0n) is 9.50. The lowest BCUT2D eigenvalue weighted by Crippen LogP contribution is -2.25. The van der Waals surface area contributed by atoms with E-state index in [1.165, 1.54) is 12.1 Å². The van der Waals surface area contributed by atoms with Crippen molar-refractivity contribution in [2.75, 3.05) is 6.54 Å². The van der Waals surface area contributed by atoms with Crippen LogP contribution in [-0.2, 0) is 23.1 Å². The van der Waals surface area contributed by atoms with Gasteiger partial charge in [-0.1, -0.05) is 6.07 Å². The molecule has 0 spiro atoms. The van der Waals surface area contributed by atoms with Crippen LogP contribution in [0.1, 0.15) is 10.6 Å². The first-order valence-electron chi connectivity index (χ1n) is 5.33. The molecule has 0 aliphatic heterocycles. The second-order valence-electron chi connectivity index (χ2n) is 3.61. The molecule has 0 aromatic carbocycles. The Morgan fingerprint density at radius 2 is 2.17 bits per heavy atom. The van der Waals surface area contributed by atoms with Crippen LogP contribution in [-0.4, -0.2) is 20.1 Å². The number of aliphatic hydroxyl groups is 1. The van der Waals surface area contributed by atoms with Gasteiger partial charge < -0.3 is 9.52 Å². The fraction of sp³-hybridized carbons (Fsp3) is 0.273. The molecule has 0 radical (unpaired) electrons. The summed E-state index contributed by atoms with van der Waals surface area (Å²) < 4.78 is 31.1. The predicted octanol–water partition coefficient (Wildman–Crippen LogP) is 1.35. The fourth-order valence-electron chi connectivity index (χ4n) is 1.42. The highest BCUT2D eigenvalue weighted by atomic mass is 32.2. The van der Waals surface area contributed by atoms with Crippen LogP contribution in [0.2, 0.25) is 0 Å². The van der Waals surface area contributed by atoms with Crippen molar-refractivity contribution in [1.82, 2.24) is 4.72 Å². The second kappa shape index (κ2) is 5.66. The molecule has 0 saturated carbocycles. The zero-order chi connectivity index (χ0) is 13.0. The number of hydrogen-bond donors (Lipinski definition) is 2. The van der Waals surface area contributed by atoms with Crippen LogP contribution in [0.25, 0.3) is 0 Å². The topological polar surface area (TPSA) is 79.5 Å². The maximum absolute atomic E-state index is 11.8. The van der Waals surface area contributed by atoms with Gasteiger partial charge in [-0.3, -0.25) is 0 Å². The average molecular weight is 287 g/mol. The quantitative estimate of drug-likeness (QED) is 0.840. The molecule has 0 amide bonds. The maximum atomic E-state index is 11.8. The minimum atomic E-state index is -3.63. The summed E-state index contributed by atoms with van der Waals surface area (Å²) in [5.74, 6) is 0.230. The van der Waals surface area contributed by atoms with E-state index < -0.39 is 10.0 Å². The summed E-state index contributed by atoms with van der Waals surface area (Å²) in [6, 6.07) is 6.65. The van der Waals surface area contributed by atoms with Crippen molar-refractivity contribution in [1.29, 1.82) is 0 Å². The van der Waals surface area contributed by atoms with Crippen LogP contribution in [0.15, 0.2) is 39.2 Å². The molecule has 18 heavy (non-hydrogen) atoms. The van der Waals surface area contributed by atoms with Crippen LogP contribution < -0.4 is 4.72 Å². The summed E-state index contributed by atoms with van der Waals surface area (Å²) in [4.78, 5) is 1.12.